The topological polar surface area (TPSA) is 67.4 Å². The maximum absolute atomic E-state index is 13.1. The summed E-state index contributed by atoms with van der Waals surface area (Å²) in [5, 5.41) is 3.25. The molecular weight excluding hydrogens is 371 g/mol. The van der Waals surface area contributed by atoms with Gasteiger partial charge in [0.2, 0.25) is 17.7 Å². The van der Waals surface area contributed by atoms with E-state index in [9.17, 15) is 9.18 Å². The van der Waals surface area contributed by atoms with Gasteiger partial charge in [0.1, 0.15) is 11.6 Å². The van der Waals surface area contributed by atoms with Gasteiger partial charge in [0.15, 0.2) is 0 Å². The van der Waals surface area contributed by atoms with Crippen molar-refractivity contribution < 1.29 is 13.9 Å². The highest BCUT2D eigenvalue weighted by atomic mass is 19.1. The summed E-state index contributed by atoms with van der Waals surface area (Å²) in [6, 6.07) is 7.81. The summed E-state index contributed by atoms with van der Waals surface area (Å²) in [5.74, 6) is 1.26. The summed E-state index contributed by atoms with van der Waals surface area (Å²) in [5.41, 5.74) is 0. The zero-order chi connectivity index (χ0) is 20.1. The van der Waals surface area contributed by atoms with Gasteiger partial charge < -0.3 is 15.0 Å². The minimum Gasteiger partial charge on any atom is -0.439 e. The van der Waals surface area contributed by atoms with Gasteiger partial charge in [0.05, 0.1) is 5.92 Å². The van der Waals surface area contributed by atoms with Crippen LogP contribution in [0, 0.1) is 11.7 Å². The molecule has 0 bridgehead atoms. The Labute approximate surface area is 170 Å². The van der Waals surface area contributed by atoms with E-state index in [0.29, 0.717) is 30.2 Å². The van der Waals surface area contributed by atoms with Gasteiger partial charge in [-0.2, -0.15) is 4.98 Å². The molecule has 2 heterocycles. The summed E-state index contributed by atoms with van der Waals surface area (Å²) in [6.45, 7) is 1.42. The highest BCUT2D eigenvalue weighted by molar-refractivity contribution is 5.79. The number of halogens is 1. The zero-order valence-corrected chi connectivity index (χ0v) is 16.5. The molecule has 1 aliphatic heterocycles. The SMILES string of the molecule is O=C(NC1CCCCC1)C1CCCN(c2nccc(Oc3ccc(F)cc3)n2)C1. The molecule has 2 aliphatic rings. The number of hydrogen-bond donors (Lipinski definition) is 1. The average molecular weight is 398 g/mol. The summed E-state index contributed by atoms with van der Waals surface area (Å²) in [7, 11) is 0. The third-order valence-corrected chi connectivity index (χ3v) is 5.68. The molecule has 0 radical (unpaired) electrons. The van der Waals surface area contributed by atoms with Crippen molar-refractivity contribution in [1.29, 1.82) is 0 Å². The van der Waals surface area contributed by atoms with Crippen LogP contribution in [0.1, 0.15) is 44.9 Å². The van der Waals surface area contributed by atoms with Gasteiger partial charge in [0.25, 0.3) is 0 Å². The van der Waals surface area contributed by atoms with Crippen LogP contribution in [0.15, 0.2) is 36.5 Å². The highest BCUT2D eigenvalue weighted by Gasteiger charge is 2.29. The molecule has 0 spiro atoms. The molecule has 1 N–H and O–H groups in total. The monoisotopic (exact) mass is 398 g/mol. The maximum Gasteiger partial charge on any atom is 0.228 e. The summed E-state index contributed by atoms with van der Waals surface area (Å²) in [4.78, 5) is 23.7. The number of rotatable bonds is 5. The van der Waals surface area contributed by atoms with Crippen molar-refractivity contribution in [2.45, 2.75) is 51.0 Å². The van der Waals surface area contributed by atoms with Crippen molar-refractivity contribution in [1.82, 2.24) is 15.3 Å². The van der Waals surface area contributed by atoms with Crippen molar-refractivity contribution in [2.75, 3.05) is 18.0 Å². The number of piperidine rings is 1. The molecule has 1 atom stereocenters. The van der Waals surface area contributed by atoms with Gasteiger partial charge in [-0.3, -0.25) is 4.79 Å². The predicted molar refractivity (Wildman–Crippen MR) is 108 cm³/mol. The summed E-state index contributed by atoms with van der Waals surface area (Å²) >= 11 is 0. The first-order valence-corrected chi connectivity index (χ1v) is 10.5. The van der Waals surface area contributed by atoms with E-state index in [1.165, 1.54) is 31.4 Å². The molecule has 1 aromatic carbocycles. The van der Waals surface area contributed by atoms with Crippen LogP contribution in [-0.4, -0.2) is 35.0 Å². The number of nitrogens with one attached hydrogen (secondary N) is 1. The van der Waals surface area contributed by atoms with Crippen molar-refractivity contribution in [3.63, 3.8) is 0 Å². The largest absolute Gasteiger partial charge is 0.439 e. The normalized spacial score (nSPS) is 20.3. The fourth-order valence-electron chi connectivity index (χ4n) is 4.10. The lowest BCUT2D eigenvalue weighted by Crippen LogP contribution is -2.46. The zero-order valence-electron chi connectivity index (χ0n) is 16.5. The third-order valence-electron chi connectivity index (χ3n) is 5.68. The van der Waals surface area contributed by atoms with Gasteiger partial charge in [-0.05, 0) is 49.9 Å². The van der Waals surface area contributed by atoms with Gasteiger partial charge >= 0.3 is 0 Å². The van der Waals surface area contributed by atoms with E-state index < -0.39 is 0 Å². The number of hydrogen-bond acceptors (Lipinski definition) is 5. The smallest absolute Gasteiger partial charge is 0.228 e. The molecule has 1 amide bonds. The minimum absolute atomic E-state index is 0.0454. The van der Waals surface area contributed by atoms with Gasteiger partial charge in [-0.15, -0.1) is 0 Å². The first kappa shape index (κ1) is 19.6. The van der Waals surface area contributed by atoms with Crippen LogP contribution in [-0.2, 0) is 4.79 Å². The fourth-order valence-corrected chi connectivity index (χ4v) is 4.10. The molecule has 7 heteroatoms. The number of carbonyl (C=O) groups is 1. The molecule has 29 heavy (non-hydrogen) atoms. The molecule has 1 saturated heterocycles. The Hall–Kier alpha value is -2.70. The Morgan fingerprint density at radius 3 is 2.66 bits per heavy atom. The summed E-state index contributed by atoms with van der Waals surface area (Å²) in [6.07, 6.45) is 9.33. The van der Waals surface area contributed by atoms with Crippen LogP contribution in [0.25, 0.3) is 0 Å². The fraction of sp³-hybridized carbons (Fsp3) is 0.500. The van der Waals surface area contributed by atoms with Crippen LogP contribution in [0.5, 0.6) is 11.6 Å². The molecule has 154 valence electrons. The molecule has 2 fully saturated rings. The lowest BCUT2D eigenvalue weighted by molar-refractivity contribution is -0.126. The second-order valence-corrected chi connectivity index (χ2v) is 7.88. The van der Waals surface area contributed by atoms with Crippen LogP contribution >= 0.6 is 0 Å². The lowest BCUT2D eigenvalue weighted by atomic mass is 9.93. The quantitative estimate of drug-likeness (QED) is 0.822. The number of carbonyl (C=O) groups excluding carboxylic acids is 1. The van der Waals surface area contributed by atoms with Crippen molar-refractivity contribution in [3.8, 4) is 11.6 Å². The molecule has 1 aliphatic carbocycles. The Morgan fingerprint density at radius 1 is 1.07 bits per heavy atom. The number of amides is 1. The Bertz CT molecular complexity index is 824. The third kappa shape index (κ3) is 5.22. The first-order valence-electron chi connectivity index (χ1n) is 10.5. The molecule has 1 saturated carbocycles. The maximum atomic E-state index is 13.1. The number of aromatic nitrogens is 2. The Balaban J connectivity index is 1.38. The lowest BCUT2D eigenvalue weighted by Gasteiger charge is -2.33. The van der Waals surface area contributed by atoms with Gasteiger partial charge in [-0.25, -0.2) is 9.37 Å². The average Bonchev–Trinajstić information content (AvgIpc) is 2.76. The molecule has 2 aromatic rings. The van der Waals surface area contributed by atoms with Crippen LogP contribution in [0.3, 0.4) is 0 Å². The Kier molecular flexibility index (Phi) is 6.22. The number of benzene rings is 1. The van der Waals surface area contributed by atoms with E-state index in [1.54, 1.807) is 24.4 Å². The minimum atomic E-state index is -0.313. The molecule has 6 nitrogen and oxygen atoms in total. The van der Waals surface area contributed by atoms with E-state index in [0.717, 1.165) is 32.2 Å². The van der Waals surface area contributed by atoms with E-state index in [2.05, 4.69) is 15.3 Å². The van der Waals surface area contributed by atoms with E-state index >= 15 is 0 Å². The number of ether oxygens (including phenoxy) is 1. The summed E-state index contributed by atoms with van der Waals surface area (Å²) < 4.78 is 18.8. The van der Waals surface area contributed by atoms with Crippen LogP contribution < -0.4 is 15.0 Å². The molecule has 4 rings (SSSR count). The second kappa shape index (κ2) is 9.20. The van der Waals surface area contributed by atoms with Crippen molar-refractivity contribution >= 4 is 11.9 Å². The standard InChI is InChI=1S/C22H27FN4O2/c23-17-8-10-19(11-9-17)29-20-12-13-24-22(26-20)27-14-4-5-16(15-27)21(28)25-18-6-2-1-3-7-18/h8-13,16,18H,1-7,14-15H2,(H,25,28). The predicted octanol–water partition coefficient (Wildman–Crippen LogP) is 4.07. The van der Waals surface area contributed by atoms with E-state index in [4.69, 9.17) is 4.74 Å². The highest BCUT2D eigenvalue weighted by Crippen LogP contribution is 2.25. The van der Waals surface area contributed by atoms with Crippen LogP contribution in [0.2, 0.25) is 0 Å². The van der Waals surface area contributed by atoms with Crippen molar-refractivity contribution in [3.05, 3.63) is 42.3 Å². The van der Waals surface area contributed by atoms with Crippen LogP contribution in [0.4, 0.5) is 10.3 Å². The number of anilines is 1. The number of nitrogens with zero attached hydrogens (tertiary/aromatic N) is 3. The second-order valence-electron chi connectivity index (χ2n) is 7.88. The van der Waals surface area contributed by atoms with E-state index in [-0.39, 0.29) is 17.6 Å². The van der Waals surface area contributed by atoms with E-state index in [1.807, 2.05) is 4.90 Å². The van der Waals surface area contributed by atoms with Crippen molar-refractivity contribution in [2.24, 2.45) is 5.92 Å². The molecule has 1 aromatic heterocycles. The molecular formula is C22H27FN4O2. The molecule has 1 unspecified atom stereocenters. The first-order chi connectivity index (χ1) is 14.2. The van der Waals surface area contributed by atoms with Gasteiger partial charge in [-0.1, -0.05) is 19.3 Å². The van der Waals surface area contributed by atoms with Gasteiger partial charge in [0, 0.05) is 31.4 Å². The Morgan fingerprint density at radius 2 is 1.86 bits per heavy atom.